The Kier molecular flexibility index (Phi) is 3.65. The first kappa shape index (κ1) is 11.9. The Balaban J connectivity index is 2.43. The van der Waals surface area contributed by atoms with Crippen molar-refractivity contribution in [3.05, 3.63) is 0 Å². The predicted octanol–water partition coefficient (Wildman–Crippen LogP) is -1.09. The van der Waals surface area contributed by atoms with E-state index in [2.05, 4.69) is 16.0 Å². The number of urea groups is 1. The van der Waals surface area contributed by atoms with Crippen molar-refractivity contribution in [2.75, 3.05) is 13.1 Å². The summed E-state index contributed by atoms with van der Waals surface area (Å²) in [4.78, 5) is 21.9. The Bertz CT molecular complexity index is 261. The highest BCUT2D eigenvalue weighted by Crippen LogP contribution is 2.13. The molecule has 5 N–H and O–H groups in total. The minimum absolute atomic E-state index is 0.0889. The SMILES string of the molecule is CC(NC1(C)CCNC1)C(=O)NC(N)=O. The number of hydrogen-bond donors (Lipinski definition) is 4. The van der Waals surface area contributed by atoms with Gasteiger partial charge in [-0.1, -0.05) is 0 Å². The normalized spacial score (nSPS) is 27.3. The molecule has 0 radical (unpaired) electrons. The fourth-order valence-corrected chi connectivity index (χ4v) is 1.76. The zero-order valence-corrected chi connectivity index (χ0v) is 9.09. The zero-order chi connectivity index (χ0) is 11.5. The summed E-state index contributed by atoms with van der Waals surface area (Å²) < 4.78 is 0. The van der Waals surface area contributed by atoms with Gasteiger partial charge in [0.25, 0.3) is 0 Å². The van der Waals surface area contributed by atoms with Crippen LogP contribution in [-0.2, 0) is 4.79 Å². The molecule has 2 unspecified atom stereocenters. The number of rotatable bonds is 3. The van der Waals surface area contributed by atoms with Crippen LogP contribution in [0.4, 0.5) is 4.79 Å². The van der Waals surface area contributed by atoms with Crippen LogP contribution < -0.4 is 21.7 Å². The number of carbonyl (C=O) groups excluding carboxylic acids is 2. The van der Waals surface area contributed by atoms with Crippen LogP contribution in [0.25, 0.3) is 0 Å². The average molecular weight is 214 g/mol. The predicted molar refractivity (Wildman–Crippen MR) is 56.2 cm³/mol. The van der Waals surface area contributed by atoms with Crippen LogP contribution in [0.15, 0.2) is 0 Å². The van der Waals surface area contributed by atoms with Gasteiger partial charge in [-0.15, -0.1) is 0 Å². The lowest BCUT2D eigenvalue weighted by Gasteiger charge is -2.28. The van der Waals surface area contributed by atoms with Crippen LogP contribution in [0.1, 0.15) is 20.3 Å². The van der Waals surface area contributed by atoms with E-state index in [9.17, 15) is 9.59 Å². The molecule has 1 aliphatic rings. The Morgan fingerprint density at radius 2 is 2.20 bits per heavy atom. The van der Waals surface area contributed by atoms with E-state index >= 15 is 0 Å². The summed E-state index contributed by atoms with van der Waals surface area (Å²) in [5.74, 6) is -0.393. The second-order valence-corrected chi connectivity index (χ2v) is 4.21. The number of imide groups is 1. The highest BCUT2D eigenvalue weighted by Gasteiger charge is 2.31. The summed E-state index contributed by atoms with van der Waals surface area (Å²) in [5, 5.41) is 8.44. The molecular formula is C9H18N4O2. The van der Waals surface area contributed by atoms with Gasteiger partial charge in [0.15, 0.2) is 0 Å². The van der Waals surface area contributed by atoms with Crippen molar-refractivity contribution in [3.63, 3.8) is 0 Å². The van der Waals surface area contributed by atoms with Gasteiger partial charge in [-0.25, -0.2) is 4.79 Å². The van der Waals surface area contributed by atoms with Crippen LogP contribution >= 0.6 is 0 Å². The highest BCUT2D eigenvalue weighted by molar-refractivity contribution is 5.96. The number of amides is 3. The van der Waals surface area contributed by atoms with Gasteiger partial charge in [0.2, 0.25) is 5.91 Å². The summed E-state index contributed by atoms with van der Waals surface area (Å²) in [5.41, 5.74) is 4.77. The van der Waals surface area contributed by atoms with Crippen LogP contribution in [0, 0.1) is 0 Å². The van der Waals surface area contributed by atoms with E-state index in [0.717, 1.165) is 19.5 Å². The fourth-order valence-electron chi connectivity index (χ4n) is 1.76. The third-order valence-corrected chi connectivity index (χ3v) is 2.57. The smallest absolute Gasteiger partial charge is 0.318 e. The van der Waals surface area contributed by atoms with Crippen molar-refractivity contribution in [2.24, 2.45) is 5.73 Å². The molecule has 0 saturated carbocycles. The summed E-state index contributed by atoms with van der Waals surface area (Å²) in [6.45, 7) is 5.51. The second-order valence-electron chi connectivity index (χ2n) is 4.21. The lowest BCUT2D eigenvalue weighted by Crippen LogP contribution is -2.55. The van der Waals surface area contributed by atoms with Gasteiger partial charge in [-0.05, 0) is 26.8 Å². The molecule has 1 heterocycles. The summed E-state index contributed by atoms with van der Waals surface area (Å²) >= 11 is 0. The van der Waals surface area contributed by atoms with Gasteiger partial charge in [0, 0.05) is 12.1 Å². The molecule has 0 aliphatic carbocycles. The number of nitrogens with one attached hydrogen (secondary N) is 3. The van der Waals surface area contributed by atoms with E-state index in [0.29, 0.717) is 0 Å². The molecule has 1 fully saturated rings. The fraction of sp³-hybridized carbons (Fsp3) is 0.778. The van der Waals surface area contributed by atoms with Crippen LogP contribution in [0.5, 0.6) is 0 Å². The average Bonchev–Trinajstić information content (AvgIpc) is 2.50. The maximum atomic E-state index is 11.4. The summed E-state index contributed by atoms with van der Waals surface area (Å²) in [6, 6.07) is -1.24. The third-order valence-electron chi connectivity index (χ3n) is 2.57. The lowest BCUT2D eigenvalue weighted by molar-refractivity contribution is -0.122. The van der Waals surface area contributed by atoms with Crippen molar-refractivity contribution in [2.45, 2.75) is 31.8 Å². The molecule has 0 aromatic carbocycles. The number of nitrogens with two attached hydrogens (primary N) is 1. The second kappa shape index (κ2) is 4.59. The molecule has 0 aromatic rings. The van der Waals surface area contributed by atoms with E-state index in [1.165, 1.54) is 0 Å². The van der Waals surface area contributed by atoms with Crippen molar-refractivity contribution >= 4 is 11.9 Å². The molecule has 86 valence electrons. The molecule has 0 spiro atoms. The summed E-state index contributed by atoms with van der Waals surface area (Å²) in [7, 11) is 0. The minimum atomic E-state index is -0.816. The van der Waals surface area contributed by atoms with E-state index in [1.54, 1.807) is 6.92 Å². The van der Waals surface area contributed by atoms with E-state index < -0.39 is 18.0 Å². The maximum absolute atomic E-state index is 11.4. The molecule has 15 heavy (non-hydrogen) atoms. The van der Waals surface area contributed by atoms with Gasteiger partial charge in [-0.3, -0.25) is 15.4 Å². The van der Waals surface area contributed by atoms with Crippen LogP contribution in [0.3, 0.4) is 0 Å². The van der Waals surface area contributed by atoms with E-state index in [-0.39, 0.29) is 5.54 Å². The molecule has 3 amide bonds. The van der Waals surface area contributed by atoms with Crippen LogP contribution in [-0.4, -0.2) is 36.6 Å². The van der Waals surface area contributed by atoms with Gasteiger partial charge < -0.3 is 11.1 Å². The Morgan fingerprint density at radius 1 is 1.53 bits per heavy atom. The Labute approximate surface area is 89.0 Å². The number of primary amides is 1. The van der Waals surface area contributed by atoms with Crippen molar-refractivity contribution in [3.8, 4) is 0 Å². The quantitative estimate of drug-likeness (QED) is 0.480. The Morgan fingerprint density at radius 3 is 2.67 bits per heavy atom. The van der Waals surface area contributed by atoms with Gasteiger partial charge in [0.05, 0.1) is 6.04 Å². The monoisotopic (exact) mass is 214 g/mol. The van der Waals surface area contributed by atoms with Gasteiger partial charge >= 0.3 is 6.03 Å². The van der Waals surface area contributed by atoms with E-state index in [1.807, 2.05) is 6.92 Å². The van der Waals surface area contributed by atoms with Crippen LogP contribution in [0.2, 0.25) is 0 Å². The van der Waals surface area contributed by atoms with E-state index in [4.69, 9.17) is 5.73 Å². The largest absolute Gasteiger partial charge is 0.351 e. The molecule has 0 aromatic heterocycles. The topological polar surface area (TPSA) is 96.2 Å². The molecular weight excluding hydrogens is 196 g/mol. The molecule has 0 bridgehead atoms. The van der Waals surface area contributed by atoms with Crippen molar-refractivity contribution in [1.82, 2.24) is 16.0 Å². The first-order valence-electron chi connectivity index (χ1n) is 5.02. The van der Waals surface area contributed by atoms with Crippen molar-refractivity contribution < 1.29 is 9.59 Å². The maximum Gasteiger partial charge on any atom is 0.318 e. The number of hydrogen-bond acceptors (Lipinski definition) is 4. The Hall–Kier alpha value is -1.14. The minimum Gasteiger partial charge on any atom is -0.351 e. The molecule has 6 nitrogen and oxygen atoms in total. The van der Waals surface area contributed by atoms with Crippen molar-refractivity contribution in [1.29, 1.82) is 0 Å². The van der Waals surface area contributed by atoms with Gasteiger partial charge in [0.1, 0.15) is 0 Å². The molecule has 1 rings (SSSR count). The summed E-state index contributed by atoms with van der Waals surface area (Å²) in [6.07, 6.45) is 0.960. The lowest BCUT2D eigenvalue weighted by atomic mass is 10.0. The molecule has 6 heteroatoms. The molecule has 2 atom stereocenters. The number of carbonyl (C=O) groups is 2. The molecule has 1 saturated heterocycles. The molecule has 1 aliphatic heterocycles. The highest BCUT2D eigenvalue weighted by atomic mass is 16.2. The zero-order valence-electron chi connectivity index (χ0n) is 9.09. The standard InChI is InChI=1S/C9H18N4O2/c1-6(7(14)12-8(10)15)13-9(2)3-4-11-5-9/h6,11,13H,3-5H2,1-2H3,(H3,10,12,14,15). The first-order chi connectivity index (χ1) is 6.93. The first-order valence-corrected chi connectivity index (χ1v) is 5.02. The van der Waals surface area contributed by atoms with Gasteiger partial charge in [-0.2, -0.15) is 0 Å². The third kappa shape index (κ3) is 3.49.